The number of sulfonamides is 1. The van der Waals surface area contributed by atoms with Gasteiger partial charge in [0.1, 0.15) is 0 Å². The monoisotopic (exact) mass is 449 g/mol. The number of nitrogens with zero attached hydrogens (tertiary/aromatic N) is 4. The molecular formula is C21H31N5O4S. The van der Waals surface area contributed by atoms with Crippen LogP contribution in [0.25, 0.3) is 0 Å². The standard InChI is InChI=1S/C21H31N5O4S/c1-21(2,3)17-5-7-19(8-6-17)31(29,30)25(18-9-12-22-13-10-18)15-4-14-24-16-11-20(23-24)26(27)28/h5-8,11,16,18,22H,4,9-10,12-15H2,1-3H3. The van der Waals surface area contributed by atoms with Gasteiger partial charge in [-0.25, -0.2) is 8.42 Å². The Bertz CT molecular complexity index is 990. The molecule has 0 amide bonds. The van der Waals surface area contributed by atoms with Crippen LogP contribution in [0.2, 0.25) is 0 Å². The van der Waals surface area contributed by atoms with E-state index in [0.29, 0.717) is 24.4 Å². The zero-order chi connectivity index (χ0) is 22.6. The highest BCUT2D eigenvalue weighted by molar-refractivity contribution is 7.89. The molecule has 9 nitrogen and oxygen atoms in total. The van der Waals surface area contributed by atoms with Crippen molar-refractivity contribution in [2.75, 3.05) is 19.6 Å². The highest BCUT2D eigenvalue weighted by Gasteiger charge is 2.32. The lowest BCUT2D eigenvalue weighted by molar-refractivity contribution is -0.389. The Morgan fingerprint density at radius 1 is 1.19 bits per heavy atom. The number of nitrogens with one attached hydrogen (secondary N) is 1. The third-order valence-electron chi connectivity index (χ3n) is 5.62. The van der Waals surface area contributed by atoms with E-state index in [2.05, 4.69) is 31.2 Å². The van der Waals surface area contributed by atoms with E-state index in [4.69, 9.17) is 0 Å². The van der Waals surface area contributed by atoms with Crippen LogP contribution in [-0.4, -0.2) is 53.1 Å². The Morgan fingerprint density at radius 2 is 1.84 bits per heavy atom. The minimum Gasteiger partial charge on any atom is -0.358 e. The second-order valence-corrected chi connectivity index (χ2v) is 10.8. The molecule has 31 heavy (non-hydrogen) atoms. The average Bonchev–Trinajstić information content (AvgIpc) is 3.20. The molecule has 0 aliphatic carbocycles. The van der Waals surface area contributed by atoms with Crippen LogP contribution in [-0.2, 0) is 22.0 Å². The topological polar surface area (TPSA) is 110 Å². The van der Waals surface area contributed by atoms with Crippen LogP contribution in [0, 0.1) is 10.1 Å². The Balaban J connectivity index is 1.77. The first-order valence-corrected chi connectivity index (χ1v) is 12.0. The molecule has 0 radical (unpaired) electrons. The first-order chi connectivity index (χ1) is 14.6. The van der Waals surface area contributed by atoms with Crippen molar-refractivity contribution in [3.8, 4) is 0 Å². The van der Waals surface area contributed by atoms with Gasteiger partial charge in [0.05, 0.1) is 28.8 Å². The zero-order valence-electron chi connectivity index (χ0n) is 18.3. The smallest absolute Gasteiger partial charge is 0.358 e. The number of aromatic nitrogens is 2. The summed E-state index contributed by atoms with van der Waals surface area (Å²) in [5.41, 5.74) is 1.03. The lowest BCUT2D eigenvalue weighted by atomic mass is 9.87. The van der Waals surface area contributed by atoms with Crippen LogP contribution >= 0.6 is 0 Å². The fraction of sp³-hybridized carbons (Fsp3) is 0.571. The third kappa shape index (κ3) is 5.69. The van der Waals surface area contributed by atoms with Crippen molar-refractivity contribution in [2.24, 2.45) is 0 Å². The van der Waals surface area contributed by atoms with Crippen molar-refractivity contribution < 1.29 is 13.3 Å². The van der Waals surface area contributed by atoms with Gasteiger partial charge in [-0.2, -0.15) is 8.99 Å². The molecule has 10 heteroatoms. The molecule has 1 fully saturated rings. The quantitative estimate of drug-likeness (QED) is 0.490. The SMILES string of the molecule is CC(C)(C)c1ccc(S(=O)(=O)N(CCCn2ccc([N+](=O)[O-])n2)C2CCNCC2)cc1. The highest BCUT2D eigenvalue weighted by atomic mass is 32.2. The van der Waals surface area contributed by atoms with E-state index in [1.165, 1.54) is 10.7 Å². The van der Waals surface area contributed by atoms with Gasteiger partial charge in [0, 0.05) is 12.6 Å². The van der Waals surface area contributed by atoms with Crippen molar-refractivity contribution in [1.29, 1.82) is 0 Å². The summed E-state index contributed by atoms with van der Waals surface area (Å²) in [6.07, 6.45) is 3.58. The van der Waals surface area contributed by atoms with Crippen LogP contribution < -0.4 is 5.32 Å². The van der Waals surface area contributed by atoms with E-state index in [-0.39, 0.29) is 17.3 Å². The Morgan fingerprint density at radius 3 is 2.39 bits per heavy atom. The molecule has 170 valence electrons. The van der Waals surface area contributed by atoms with Crippen LogP contribution in [0.15, 0.2) is 41.4 Å². The number of rotatable bonds is 8. The summed E-state index contributed by atoms with van der Waals surface area (Å²) in [6, 6.07) is 8.44. The summed E-state index contributed by atoms with van der Waals surface area (Å²) in [5.74, 6) is -0.207. The maximum atomic E-state index is 13.5. The second kappa shape index (κ2) is 9.46. The fourth-order valence-corrected chi connectivity index (χ4v) is 5.54. The molecule has 0 spiro atoms. The number of hydrogen-bond donors (Lipinski definition) is 1. The molecule has 0 unspecified atom stereocenters. The van der Waals surface area contributed by atoms with Crippen LogP contribution in [0.4, 0.5) is 5.82 Å². The van der Waals surface area contributed by atoms with Gasteiger partial charge in [0.25, 0.3) is 0 Å². The Kier molecular flexibility index (Phi) is 7.13. The molecule has 1 aromatic carbocycles. The summed E-state index contributed by atoms with van der Waals surface area (Å²) < 4.78 is 30.1. The summed E-state index contributed by atoms with van der Waals surface area (Å²) >= 11 is 0. The summed E-state index contributed by atoms with van der Waals surface area (Å²) in [5, 5.41) is 18.0. The van der Waals surface area contributed by atoms with Gasteiger partial charge in [-0.3, -0.25) is 0 Å². The number of benzene rings is 1. The molecule has 0 saturated carbocycles. The first-order valence-electron chi connectivity index (χ1n) is 10.6. The Hall–Kier alpha value is -2.30. The maximum absolute atomic E-state index is 13.5. The van der Waals surface area contributed by atoms with E-state index in [1.807, 2.05) is 12.1 Å². The third-order valence-corrected chi connectivity index (χ3v) is 7.59. The predicted molar refractivity (Wildman–Crippen MR) is 118 cm³/mol. The average molecular weight is 450 g/mol. The van der Waals surface area contributed by atoms with Crippen molar-refractivity contribution in [1.82, 2.24) is 19.4 Å². The van der Waals surface area contributed by atoms with E-state index >= 15 is 0 Å². The lowest BCUT2D eigenvalue weighted by Gasteiger charge is -2.34. The van der Waals surface area contributed by atoms with Crippen molar-refractivity contribution in [3.05, 3.63) is 52.2 Å². The van der Waals surface area contributed by atoms with Gasteiger partial charge in [-0.15, -0.1) is 0 Å². The van der Waals surface area contributed by atoms with Crippen LogP contribution in [0.1, 0.15) is 45.6 Å². The molecule has 2 heterocycles. The van der Waals surface area contributed by atoms with E-state index in [0.717, 1.165) is 31.5 Å². The molecule has 1 aliphatic rings. The van der Waals surface area contributed by atoms with Gasteiger partial charge >= 0.3 is 5.82 Å². The molecule has 1 aliphatic heterocycles. The number of piperidine rings is 1. The summed E-state index contributed by atoms with van der Waals surface area (Å²) in [7, 11) is -3.66. The molecule has 0 bridgehead atoms. The van der Waals surface area contributed by atoms with Gasteiger partial charge < -0.3 is 15.4 Å². The largest absolute Gasteiger partial charge is 0.389 e. The normalized spacial score (nSPS) is 16.0. The molecule has 1 aromatic heterocycles. The zero-order valence-corrected chi connectivity index (χ0v) is 19.1. The number of nitro groups is 1. The molecule has 1 saturated heterocycles. The van der Waals surface area contributed by atoms with Crippen LogP contribution in [0.3, 0.4) is 0 Å². The molecule has 0 atom stereocenters. The molecular weight excluding hydrogens is 418 g/mol. The van der Waals surface area contributed by atoms with Crippen molar-refractivity contribution >= 4 is 15.8 Å². The summed E-state index contributed by atoms with van der Waals surface area (Å²) in [6.45, 7) is 8.60. The van der Waals surface area contributed by atoms with Crippen molar-refractivity contribution in [2.45, 2.75) is 62.9 Å². The van der Waals surface area contributed by atoms with Gasteiger partial charge in [-0.1, -0.05) is 32.9 Å². The first kappa shape index (κ1) is 23.4. The van der Waals surface area contributed by atoms with Gasteiger partial charge in [-0.05, 0) is 60.4 Å². The minimum atomic E-state index is -3.66. The van der Waals surface area contributed by atoms with Gasteiger partial charge in [0.15, 0.2) is 0 Å². The number of hydrogen-bond acceptors (Lipinski definition) is 6. The summed E-state index contributed by atoms with van der Waals surface area (Å²) in [4.78, 5) is 10.6. The predicted octanol–water partition coefficient (Wildman–Crippen LogP) is 2.92. The molecule has 3 rings (SSSR count). The van der Waals surface area contributed by atoms with E-state index in [9.17, 15) is 18.5 Å². The van der Waals surface area contributed by atoms with Gasteiger partial charge in [0.2, 0.25) is 10.0 Å². The van der Waals surface area contributed by atoms with Crippen LogP contribution in [0.5, 0.6) is 0 Å². The minimum absolute atomic E-state index is 0.0522. The highest BCUT2D eigenvalue weighted by Crippen LogP contribution is 2.27. The lowest BCUT2D eigenvalue weighted by Crippen LogP contribution is -2.46. The van der Waals surface area contributed by atoms with Crippen molar-refractivity contribution in [3.63, 3.8) is 0 Å². The second-order valence-electron chi connectivity index (χ2n) is 8.92. The fourth-order valence-electron chi connectivity index (χ4n) is 3.82. The van der Waals surface area contributed by atoms with E-state index in [1.54, 1.807) is 22.6 Å². The molecule has 2 aromatic rings. The maximum Gasteiger partial charge on any atom is 0.389 e. The Labute approximate surface area is 183 Å². The molecule has 1 N–H and O–H groups in total. The number of aryl methyl sites for hydroxylation is 1. The van der Waals surface area contributed by atoms with E-state index < -0.39 is 14.9 Å².